The molecule has 0 bridgehead atoms. The monoisotopic (exact) mass is 425 g/mol. The number of amides is 1. The number of carbonyl (C=O) groups excluding carboxylic acids is 1. The van der Waals surface area contributed by atoms with E-state index in [9.17, 15) is 4.79 Å². The molecule has 4 nitrogen and oxygen atoms in total. The first-order chi connectivity index (χ1) is 15.2. The number of rotatable bonds is 2. The average molecular weight is 426 g/mol. The van der Waals surface area contributed by atoms with Gasteiger partial charge in [0.1, 0.15) is 5.69 Å². The lowest BCUT2D eigenvalue weighted by Crippen LogP contribution is -2.40. The molecule has 0 radical (unpaired) electrons. The van der Waals surface area contributed by atoms with E-state index in [1.54, 1.807) is 0 Å². The van der Waals surface area contributed by atoms with Gasteiger partial charge in [0.15, 0.2) is 0 Å². The van der Waals surface area contributed by atoms with Crippen molar-refractivity contribution in [1.29, 1.82) is 0 Å². The molecule has 2 N–H and O–H groups in total. The van der Waals surface area contributed by atoms with E-state index in [0.717, 1.165) is 34.1 Å². The summed E-state index contributed by atoms with van der Waals surface area (Å²) in [5, 5.41) is 2.95. The molecule has 1 atom stereocenters. The molecule has 5 heteroatoms. The van der Waals surface area contributed by atoms with Crippen LogP contribution in [0.2, 0.25) is 5.02 Å². The summed E-state index contributed by atoms with van der Waals surface area (Å²) in [6, 6.07) is 25.9. The van der Waals surface area contributed by atoms with Gasteiger partial charge < -0.3 is 14.9 Å². The third-order valence-electron chi connectivity index (χ3n) is 6.24. The Morgan fingerprint density at radius 3 is 2.45 bits per heavy atom. The minimum atomic E-state index is -0.202. The number of hydrogen-bond acceptors (Lipinski definition) is 1. The normalized spacial score (nSPS) is 16.0. The van der Waals surface area contributed by atoms with Crippen LogP contribution in [0.3, 0.4) is 0 Å². The van der Waals surface area contributed by atoms with Gasteiger partial charge in [0, 0.05) is 39.1 Å². The van der Waals surface area contributed by atoms with Gasteiger partial charge in [-0.3, -0.25) is 4.79 Å². The Morgan fingerprint density at radius 2 is 1.65 bits per heavy atom. The Labute approximate surface area is 184 Å². The molecule has 3 heterocycles. The Hall–Kier alpha value is -3.50. The molecule has 0 aliphatic carbocycles. The predicted octanol–water partition coefficient (Wildman–Crippen LogP) is 6.09. The molecule has 6 rings (SSSR count). The summed E-state index contributed by atoms with van der Waals surface area (Å²) in [5.41, 5.74) is 6.10. The number of benzene rings is 3. The van der Waals surface area contributed by atoms with Gasteiger partial charge in [0.05, 0.1) is 6.04 Å². The van der Waals surface area contributed by atoms with Crippen LogP contribution in [0.5, 0.6) is 0 Å². The van der Waals surface area contributed by atoms with Gasteiger partial charge >= 0.3 is 0 Å². The van der Waals surface area contributed by atoms with Crippen LogP contribution in [0.15, 0.2) is 78.9 Å². The Bertz CT molecular complexity index is 1400. The second-order valence-electron chi connectivity index (χ2n) is 8.04. The smallest absolute Gasteiger partial charge is 0.271 e. The zero-order valence-corrected chi connectivity index (χ0v) is 17.5. The predicted molar refractivity (Wildman–Crippen MR) is 125 cm³/mol. The van der Waals surface area contributed by atoms with Gasteiger partial charge in [0.2, 0.25) is 0 Å². The van der Waals surface area contributed by atoms with Gasteiger partial charge in [-0.25, -0.2) is 0 Å². The Morgan fingerprint density at radius 1 is 0.903 bits per heavy atom. The number of halogens is 1. The molecule has 152 valence electrons. The fraction of sp³-hybridized carbons (Fsp3) is 0.115. The number of aromatic nitrogens is 2. The lowest BCUT2D eigenvalue weighted by atomic mass is 9.92. The fourth-order valence-corrected chi connectivity index (χ4v) is 4.92. The number of fused-ring (bicyclic) bond motifs is 4. The van der Waals surface area contributed by atoms with Crippen molar-refractivity contribution in [3.63, 3.8) is 0 Å². The standard InChI is InChI=1S/C26H20ClN3O/c27-18-11-9-16(10-12-18)25-24-20(19-6-2-4-8-22(19)29-24)13-14-30(25)26(31)23-15-17-5-1-3-7-21(17)28-23/h1-12,15,25,28-29H,13-14H2/t25-/m0/s1. The highest BCUT2D eigenvalue weighted by Gasteiger charge is 2.35. The van der Waals surface area contributed by atoms with Crippen LogP contribution in [0.4, 0.5) is 0 Å². The van der Waals surface area contributed by atoms with Crippen LogP contribution >= 0.6 is 11.6 Å². The largest absolute Gasteiger partial charge is 0.356 e. The van der Waals surface area contributed by atoms with Gasteiger partial charge in [-0.2, -0.15) is 0 Å². The third-order valence-corrected chi connectivity index (χ3v) is 6.49. The number of hydrogen-bond donors (Lipinski definition) is 2. The maximum absolute atomic E-state index is 13.7. The van der Waals surface area contributed by atoms with E-state index in [0.29, 0.717) is 17.3 Å². The van der Waals surface area contributed by atoms with E-state index in [1.165, 1.54) is 10.9 Å². The van der Waals surface area contributed by atoms with Crippen molar-refractivity contribution in [2.75, 3.05) is 6.54 Å². The van der Waals surface area contributed by atoms with Crippen LogP contribution < -0.4 is 0 Å². The summed E-state index contributed by atoms with van der Waals surface area (Å²) >= 11 is 6.16. The lowest BCUT2D eigenvalue weighted by Gasteiger charge is -2.36. The molecular weight excluding hydrogens is 406 g/mol. The van der Waals surface area contributed by atoms with E-state index in [4.69, 9.17) is 11.6 Å². The van der Waals surface area contributed by atoms with Crippen molar-refractivity contribution < 1.29 is 4.79 Å². The molecule has 0 saturated heterocycles. The SMILES string of the molecule is O=C(c1cc2ccccc2[nH]1)N1CCc2c([nH]c3ccccc23)[C@@H]1c1ccc(Cl)cc1. The minimum Gasteiger partial charge on any atom is -0.356 e. The molecule has 1 amide bonds. The maximum atomic E-state index is 13.7. The first-order valence-corrected chi connectivity index (χ1v) is 10.8. The van der Waals surface area contributed by atoms with Crippen molar-refractivity contribution in [2.45, 2.75) is 12.5 Å². The zero-order valence-electron chi connectivity index (χ0n) is 16.7. The highest BCUT2D eigenvalue weighted by Crippen LogP contribution is 2.39. The molecule has 2 aromatic heterocycles. The van der Waals surface area contributed by atoms with Crippen LogP contribution in [-0.4, -0.2) is 27.3 Å². The summed E-state index contributed by atoms with van der Waals surface area (Å²) in [7, 11) is 0. The van der Waals surface area contributed by atoms with Gasteiger partial charge in [-0.1, -0.05) is 60.1 Å². The van der Waals surface area contributed by atoms with E-state index in [2.05, 4.69) is 28.2 Å². The number of nitrogens with one attached hydrogen (secondary N) is 2. The molecular formula is C26H20ClN3O. The molecule has 0 unspecified atom stereocenters. The van der Waals surface area contributed by atoms with Crippen molar-refractivity contribution in [3.8, 4) is 0 Å². The van der Waals surface area contributed by atoms with Crippen LogP contribution in [0, 0.1) is 0 Å². The van der Waals surface area contributed by atoms with Crippen molar-refractivity contribution in [1.82, 2.24) is 14.9 Å². The molecule has 1 aliphatic rings. The van der Waals surface area contributed by atoms with E-state index in [-0.39, 0.29) is 11.9 Å². The van der Waals surface area contributed by atoms with E-state index >= 15 is 0 Å². The highest BCUT2D eigenvalue weighted by atomic mass is 35.5. The van der Waals surface area contributed by atoms with Crippen molar-refractivity contribution >= 4 is 39.3 Å². The molecule has 0 fully saturated rings. The molecule has 31 heavy (non-hydrogen) atoms. The fourth-order valence-electron chi connectivity index (χ4n) is 4.79. The Kier molecular flexibility index (Phi) is 4.15. The molecule has 0 spiro atoms. The second-order valence-corrected chi connectivity index (χ2v) is 8.47. The van der Waals surface area contributed by atoms with Crippen LogP contribution in [0.1, 0.15) is 33.4 Å². The summed E-state index contributed by atoms with van der Waals surface area (Å²) in [6.07, 6.45) is 0.815. The van der Waals surface area contributed by atoms with Crippen LogP contribution in [-0.2, 0) is 6.42 Å². The zero-order chi connectivity index (χ0) is 20.9. The summed E-state index contributed by atoms with van der Waals surface area (Å²) in [6.45, 7) is 0.649. The molecule has 3 aromatic carbocycles. The summed E-state index contributed by atoms with van der Waals surface area (Å²) < 4.78 is 0. The van der Waals surface area contributed by atoms with Crippen LogP contribution in [0.25, 0.3) is 21.8 Å². The Balaban J connectivity index is 1.50. The van der Waals surface area contributed by atoms with E-state index in [1.807, 2.05) is 65.6 Å². The quantitative estimate of drug-likeness (QED) is 0.353. The topological polar surface area (TPSA) is 51.9 Å². The second kappa shape index (κ2) is 7.03. The first kappa shape index (κ1) is 18.3. The minimum absolute atomic E-state index is 0.000422. The summed E-state index contributed by atoms with van der Waals surface area (Å²) in [5.74, 6) is 0.000422. The van der Waals surface area contributed by atoms with Gasteiger partial charge in [-0.05, 0) is 47.9 Å². The van der Waals surface area contributed by atoms with Crippen molar-refractivity contribution in [2.24, 2.45) is 0 Å². The maximum Gasteiger partial charge on any atom is 0.271 e. The molecule has 1 aliphatic heterocycles. The van der Waals surface area contributed by atoms with Gasteiger partial charge in [-0.15, -0.1) is 0 Å². The lowest BCUT2D eigenvalue weighted by molar-refractivity contribution is 0.0687. The number of nitrogens with zero attached hydrogens (tertiary/aromatic N) is 1. The first-order valence-electron chi connectivity index (χ1n) is 10.4. The summed E-state index contributed by atoms with van der Waals surface area (Å²) in [4.78, 5) is 22.6. The number of H-pyrrole nitrogens is 2. The van der Waals surface area contributed by atoms with E-state index < -0.39 is 0 Å². The number of para-hydroxylation sites is 2. The van der Waals surface area contributed by atoms with Gasteiger partial charge in [0.25, 0.3) is 5.91 Å². The average Bonchev–Trinajstić information content (AvgIpc) is 3.40. The van der Waals surface area contributed by atoms with Crippen molar-refractivity contribution in [3.05, 3.63) is 106 Å². The third kappa shape index (κ3) is 2.94. The number of carbonyl (C=O) groups is 1. The molecule has 0 saturated carbocycles. The highest BCUT2D eigenvalue weighted by molar-refractivity contribution is 6.30. The number of aromatic amines is 2. The molecule has 5 aromatic rings.